The lowest BCUT2D eigenvalue weighted by Crippen LogP contribution is -2.23. The molecule has 0 aliphatic heterocycles. The fourth-order valence-electron chi connectivity index (χ4n) is 2.37. The number of anilines is 1. The summed E-state index contributed by atoms with van der Waals surface area (Å²) >= 11 is 1.53. The third-order valence-corrected chi connectivity index (χ3v) is 4.37. The van der Waals surface area contributed by atoms with Crippen molar-refractivity contribution in [3.05, 3.63) is 11.1 Å². The number of carbonyl (C=O) groups is 1. The summed E-state index contributed by atoms with van der Waals surface area (Å²) in [6.07, 6.45) is 5.17. The molecule has 2 saturated carbocycles. The van der Waals surface area contributed by atoms with E-state index in [1.54, 1.807) is 0 Å². The second kappa shape index (κ2) is 4.38. The largest absolute Gasteiger partial charge is 0.328 e. The zero-order valence-corrected chi connectivity index (χ0v) is 10.5. The summed E-state index contributed by atoms with van der Waals surface area (Å²) in [7, 11) is 0. The number of carbonyl (C=O) groups excluding carboxylic acids is 1. The van der Waals surface area contributed by atoms with Gasteiger partial charge < -0.3 is 11.1 Å². The standard InChI is InChI=1S/C12H17N3OS/c13-9-4-3-8(5-9)11(16)15-12-14-10(6-17-12)7-1-2-7/h6-9H,1-5,13H2,(H,14,15,16)/t8-,9+/m1/s1. The fraction of sp³-hybridized carbons (Fsp3) is 0.667. The van der Waals surface area contributed by atoms with Crippen molar-refractivity contribution in [1.82, 2.24) is 4.98 Å². The maximum atomic E-state index is 12.0. The van der Waals surface area contributed by atoms with Crippen molar-refractivity contribution in [2.45, 2.75) is 44.1 Å². The van der Waals surface area contributed by atoms with Crippen LogP contribution < -0.4 is 11.1 Å². The van der Waals surface area contributed by atoms with E-state index in [9.17, 15) is 4.79 Å². The molecule has 2 aliphatic rings. The van der Waals surface area contributed by atoms with Gasteiger partial charge in [0.15, 0.2) is 5.13 Å². The number of nitrogens with one attached hydrogen (secondary N) is 1. The Labute approximate surface area is 105 Å². The molecule has 0 aromatic carbocycles. The SMILES string of the molecule is N[C@H]1CC[C@@H](C(=O)Nc2nc(C3CC3)cs2)C1. The maximum absolute atomic E-state index is 12.0. The topological polar surface area (TPSA) is 68.0 Å². The smallest absolute Gasteiger partial charge is 0.229 e. The lowest BCUT2D eigenvalue weighted by atomic mass is 10.1. The molecule has 2 aliphatic carbocycles. The molecule has 0 saturated heterocycles. The van der Waals surface area contributed by atoms with Crippen LogP contribution in [0.15, 0.2) is 5.38 Å². The average Bonchev–Trinajstić information content (AvgIpc) is 2.90. The molecule has 3 N–H and O–H groups in total. The number of nitrogens with two attached hydrogens (primary N) is 1. The zero-order chi connectivity index (χ0) is 11.8. The Morgan fingerprint density at radius 3 is 2.88 bits per heavy atom. The van der Waals surface area contributed by atoms with E-state index in [0.29, 0.717) is 5.92 Å². The van der Waals surface area contributed by atoms with Gasteiger partial charge in [0.25, 0.3) is 0 Å². The minimum absolute atomic E-state index is 0.0817. The van der Waals surface area contributed by atoms with Crippen LogP contribution in [0.3, 0.4) is 0 Å². The first-order valence-electron chi connectivity index (χ1n) is 6.24. The van der Waals surface area contributed by atoms with E-state index < -0.39 is 0 Å². The minimum Gasteiger partial charge on any atom is -0.328 e. The van der Waals surface area contributed by atoms with Gasteiger partial charge in [-0.2, -0.15) is 0 Å². The molecular weight excluding hydrogens is 234 g/mol. The molecule has 2 atom stereocenters. The maximum Gasteiger partial charge on any atom is 0.229 e. The summed E-state index contributed by atoms with van der Waals surface area (Å²) in [6.45, 7) is 0. The Morgan fingerprint density at radius 2 is 2.24 bits per heavy atom. The highest BCUT2D eigenvalue weighted by molar-refractivity contribution is 7.13. The monoisotopic (exact) mass is 251 g/mol. The highest BCUT2D eigenvalue weighted by atomic mass is 32.1. The summed E-state index contributed by atoms with van der Waals surface area (Å²) in [6, 6.07) is 0.198. The number of amides is 1. The van der Waals surface area contributed by atoms with E-state index in [2.05, 4.69) is 15.7 Å². The van der Waals surface area contributed by atoms with Crippen LogP contribution in [0, 0.1) is 5.92 Å². The highest BCUT2D eigenvalue weighted by Crippen LogP contribution is 2.41. The molecule has 92 valence electrons. The molecule has 0 spiro atoms. The van der Waals surface area contributed by atoms with Crippen molar-refractivity contribution in [2.75, 3.05) is 5.32 Å². The number of hydrogen-bond acceptors (Lipinski definition) is 4. The van der Waals surface area contributed by atoms with E-state index in [-0.39, 0.29) is 17.9 Å². The predicted octanol–water partition coefficient (Wildman–Crippen LogP) is 2.09. The molecule has 0 radical (unpaired) electrons. The summed E-state index contributed by atoms with van der Waals surface area (Å²) in [5.41, 5.74) is 6.96. The summed E-state index contributed by atoms with van der Waals surface area (Å²) < 4.78 is 0. The Morgan fingerprint density at radius 1 is 1.41 bits per heavy atom. The predicted molar refractivity (Wildman–Crippen MR) is 68.0 cm³/mol. The van der Waals surface area contributed by atoms with Crippen LogP contribution >= 0.6 is 11.3 Å². The van der Waals surface area contributed by atoms with Gasteiger partial charge in [-0.25, -0.2) is 4.98 Å². The van der Waals surface area contributed by atoms with Crippen molar-refractivity contribution in [3.63, 3.8) is 0 Å². The molecule has 0 bridgehead atoms. The van der Waals surface area contributed by atoms with Crippen molar-refractivity contribution in [2.24, 2.45) is 11.7 Å². The van der Waals surface area contributed by atoms with Crippen LogP contribution in [0.4, 0.5) is 5.13 Å². The molecule has 1 heterocycles. The molecule has 4 nitrogen and oxygen atoms in total. The van der Waals surface area contributed by atoms with Gasteiger partial charge in [-0.1, -0.05) is 0 Å². The molecule has 1 aromatic rings. The molecular formula is C12H17N3OS. The first kappa shape index (κ1) is 11.2. The number of hydrogen-bond donors (Lipinski definition) is 2. The summed E-state index contributed by atoms with van der Waals surface area (Å²) in [5.74, 6) is 0.824. The van der Waals surface area contributed by atoms with Gasteiger partial charge in [0.05, 0.1) is 5.69 Å². The minimum atomic E-state index is 0.0817. The average molecular weight is 251 g/mol. The van der Waals surface area contributed by atoms with Gasteiger partial charge in [-0.05, 0) is 32.1 Å². The Kier molecular flexibility index (Phi) is 2.88. The second-order valence-corrected chi connectivity index (χ2v) is 5.97. The molecule has 3 rings (SSSR count). The molecule has 2 fully saturated rings. The quantitative estimate of drug-likeness (QED) is 0.864. The van der Waals surface area contributed by atoms with Crippen LogP contribution in [0.2, 0.25) is 0 Å². The number of thiazole rings is 1. The lowest BCUT2D eigenvalue weighted by molar-refractivity contribution is -0.119. The van der Waals surface area contributed by atoms with Crippen LogP contribution in [-0.2, 0) is 4.79 Å². The lowest BCUT2D eigenvalue weighted by Gasteiger charge is -2.08. The van der Waals surface area contributed by atoms with E-state index >= 15 is 0 Å². The Bertz CT molecular complexity index is 427. The first-order valence-corrected chi connectivity index (χ1v) is 7.12. The van der Waals surface area contributed by atoms with Gasteiger partial charge in [-0.3, -0.25) is 4.79 Å². The van der Waals surface area contributed by atoms with Crippen molar-refractivity contribution >= 4 is 22.4 Å². The van der Waals surface area contributed by atoms with Gasteiger partial charge in [-0.15, -0.1) is 11.3 Å². The van der Waals surface area contributed by atoms with Gasteiger partial charge >= 0.3 is 0 Å². The van der Waals surface area contributed by atoms with Crippen molar-refractivity contribution in [3.8, 4) is 0 Å². The van der Waals surface area contributed by atoms with Crippen LogP contribution in [0.1, 0.15) is 43.7 Å². The van der Waals surface area contributed by atoms with Crippen molar-refractivity contribution < 1.29 is 4.79 Å². The zero-order valence-electron chi connectivity index (χ0n) is 9.69. The van der Waals surface area contributed by atoms with Crippen LogP contribution in [-0.4, -0.2) is 16.9 Å². The van der Waals surface area contributed by atoms with Gasteiger partial charge in [0.1, 0.15) is 0 Å². The molecule has 5 heteroatoms. The van der Waals surface area contributed by atoms with Gasteiger partial charge in [0.2, 0.25) is 5.91 Å². The summed E-state index contributed by atoms with van der Waals surface area (Å²) in [5, 5.41) is 5.73. The molecule has 1 amide bonds. The van der Waals surface area contributed by atoms with E-state index in [0.717, 1.165) is 30.1 Å². The van der Waals surface area contributed by atoms with Gasteiger partial charge in [0, 0.05) is 23.3 Å². The van der Waals surface area contributed by atoms with E-state index in [1.165, 1.54) is 24.2 Å². The van der Waals surface area contributed by atoms with Crippen LogP contribution in [0.5, 0.6) is 0 Å². The number of aromatic nitrogens is 1. The molecule has 17 heavy (non-hydrogen) atoms. The third kappa shape index (κ3) is 2.50. The van der Waals surface area contributed by atoms with E-state index in [1.807, 2.05) is 0 Å². The van der Waals surface area contributed by atoms with E-state index in [4.69, 9.17) is 5.73 Å². The Hall–Kier alpha value is -0.940. The highest BCUT2D eigenvalue weighted by Gasteiger charge is 2.29. The summed E-state index contributed by atoms with van der Waals surface area (Å²) in [4.78, 5) is 16.4. The first-order chi connectivity index (χ1) is 8.22. The normalized spacial score (nSPS) is 28.3. The van der Waals surface area contributed by atoms with Crippen molar-refractivity contribution in [1.29, 1.82) is 0 Å². The fourth-order valence-corrected chi connectivity index (χ4v) is 3.17. The number of rotatable bonds is 3. The second-order valence-electron chi connectivity index (χ2n) is 5.11. The molecule has 0 unspecified atom stereocenters. The number of nitrogens with zero attached hydrogens (tertiary/aromatic N) is 1. The third-order valence-electron chi connectivity index (χ3n) is 3.59. The Balaban J connectivity index is 1.59. The molecule has 1 aromatic heterocycles. The van der Waals surface area contributed by atoms with Crippen LogP contribution in [0.25, 0.3) is 0 Å².